The molecule has 0 radical (unpaired) electrons. The second-order valence-electron chi connectivity index (χ2n) is 10.1. The van der Waals surface area contributed by atoms with Gasteiger partial charge in [-0.15, -0.1) is 0 Å². The van der Waals surface area contributed by atoms with Crippen molar-refractivity contribution in [1.82, 2.24) is 9.80 Å². The van der Waals surface area contributed by atoms with Crippen molar-refractivity contribution in [3.8, 4) is 0 Å². The number of carbonyl (C=O) groups is 2. The van der Waals surface area contributed by atoms with Crippen molar-refractivity contribution in [2.45, 2.75) is 25.7 Å². The maximum absolute atomic E-state index is 13.4. The van der Waals surface area contributed by atoms with Crippen LogP contribution in [0.1, 0.15) is 51.4 Å². The Bertz CT molecular complexity index is 1390. The van der Waals surface area contributed by atoms with E-state index in [9.17, 15) is 22.8 Å². The number of nitrogens with zero attached hydrogens (tertiary/aromatic N) is 3. The summed E-state index contributed by atoms with van der Waals surface area (Å²) < 4.78 is 44.9. The zero-order valence-corrected chi connectivity index (χ0v) is 22.9. The number of halogens is 3. The van der Waals surface area contributed by atoms with Crippen molar-refractivity contribution in [3.63, 3.8) is 0 Å². The van der Waals surface area contributed by atoms with Gasteiger partial charge in [-0.25, -0.2) is 0 Å². The molecule has 7 nitrogen and oxygen atoms in total. The van der Waals surface area contributed by atoms with Crippen LogP contribution in [0.4, 0.5) is 24.5 Å². The molecule has 1 N–H and O–H groups in total. The van der Waals surface area contributed by atoms with E-state index in [0.29, 0.717) is 74.9 Å². The predicted octanol–water partition coefficient (Wildman–Crippen LogP) is 5.66. The minimum absolute atomic E-state index is 0.0412. The minimum atomic E-state index is -4.40. The van der Waals surface area contributed by atoms with Gasteiger partial charge in [0, 0.05) is 74.0 Å². The molecule has 2 amide bonds. The number of hydrogen-bond donors (Lipinski definition) is 1. The molecule has 0 spiro atoms. The van der Waals surface area contributed by atoms with E-state index in [0.717, 1.165) is 17.7 Å². The van der Waals surface area contributed by atoms with Gasteiger partial charge in [0.15, 0.2) is 0 Å². The summed E-state index contributed by atoms with van der Waals surface area (Å²) in [5.74, 6) is -0.186. The lowest BCUT2D eigenvalue weighted by atomic mass is 10.1. The number of fused-ring (bicyclic) bond motifs is 1. The van der Waals surface area contributed by atoms with Gasteiger partial charge in [0.25, 0.3) is 11.8 Å². The Balaban J connectivity index is 1.26. The van der Waals surface area contributed by atoms with Gasteiger partial charge in [-0.3, -0.25) is 9.59 Å². The van der Waals surface area contributed by atoms with Gasteiger partial charge in [0.2, 0.25) is 0 Å². The number of rotatable bonds is 9. The fourth-order valence-electron chi connectivity index (χ4n) is 5.37. The van der Waals surface area contributed by atoms with Crippen LogP contribution in [0.2, 0.25) is 0 Å². The van der Waals surface area contributed by atoms with Crippen LogP contribution in [0.25, 0.3) is 0 Å². The lowest BCUT2D eigenvalue weighted by Crippen LogP contribution is -2.48. The molecular formula is C31H33F3N4O3. The molecule has 10 heteroatoms. The molecule has 1 saturated heterocycles. The first-order valence-electron chi connectivity index (χ1n) is 13.8. The van der Waals surface area contributed by atoms with Gasteiger partial charge >= 0.3 is 6.18 Å². The number of piperazine rings is 1. The van der Waals surface area contributed by atoms with Crippen molar-refractivity contribution < 1.29 is 27.5 Å². The number of alkyl halides is 3. The van der Waals surface area contributed by atoms with Gasteiger partial charge < -0.3 is 24.8 Å². The Morgan fingerprint density at radius 2 is 1.73 bits per heavy atom. The summed E-state index contributed by atoms with van der Waals surface area (Å²) in [5, 5.41) is 3.46. The van der Waals surface area contributed by atoms with Crippen LogP contribution >= 0.6 is 0 Å². The maximum atomic E-state index is 13.4. The highest BCUT2D eigenvalue weighted by Gasteiger charge is 2.36. The van der Waals surface area contributed by atoms with Crippen molar-refractivity contribution in [1.29, 1.82) is 0 Å². The van der Waals surface area contributed by atoms with E-state index in [1.165, 1.54) is 6.07 Å². The molecule has 1 unspecified atom stereocenters. The highest BCUT2D eigenvalue weighted by atomic mass is 19.4. The van der Waals surface area contributed by atoms with Crippen LogP contribution in [0, 0.1) is 0 Å². The Morgan fingerprint density at radius 1 is 0.976 bits per heavy atom. The number of amides is 2. The molecule has 2 aliphatic heterocycles. The van der Waals surface area contributed by atoms with Crippen LogP contribution in [-0.4, -0.2) is 67.6 Å². The molecule has 5 rings (SSSR count). The lowest BCUT2D eigenvalue weighted by molar-refractivity contribution is -0.137. The van der Waals surface area contributed by atoms with Crippen LogP contribution in [-0.2, 0) is 10.9 Å². The Morgan fingerprint density at radius 3 is 2.49 bits per heavy atom. The first kappa shape index (κ1) is 28.5. The molecule has 1 fully saturated rings. The molecule has 0 saturated carbocycles. The smallest absolute Gasteiger partial charge is 0.382 e. The maximum Gasteiger partial charge on any atom is 0.416 e. The minimum Gasteiger partial charge on any atom is -0.382 e. The average Bonchev–Trinajstić information content (AvgIpc) is 3.25. The second-order valence-corrected chi connectivity index (χ2v) is 10.1. The molecule has 0 bridgehead atoms. The largest absolute Gasteiger partial charge is 0.416 e. The van der Waals surface area contributed by atoms with Crippen LogP contribution in [0.5, 0.6) is 0 Å². The van der Waals surface area contributed by atoms with Gasteiger partial charge in [-0.2, -0.15) is 13.2 Å². The fourth-order valence-corrected chi connectivity index (χ4v) is 5.37. The second kappa shape index (κ2) is 12.2. The number of anilines is 2. The molecule has 2 aliphatic rings. The number of ether oxygens (including phenoxy) is 1. The van der Waals surface area contributed by atoms with Crippen LogP contribution in [0.15, 0.2) is 72.8 Å². The number of hydrogen-bond acceptors (Lipinski definition) is 5. The van der Waals surface area contributed by atoms with Crippen molar-refractivity contribution >= 4 is 23.2 Å². The third-order valence-corrected chi connectivity index (χ3v) is 7.47. The highest BCUT2D eigenvalue weighted by molar-refractivity contribution is 5.99. The standard InChI is InChI=1S/C31H33F3N4O3/c1-2-41-19-7-14-38-28(26-12-3-4-13-27(26)30(38)40)35-24-10-5-8-22(20-24)29(39)37-17-15-36(16-18-37)25-11-6-9-23(21-25)31(32,33)34/h3-6,8-13,20-21,28,35H,2,7,14-19H2,1H3. The number of carbonyl (C=O) groups excluding carboxylic acids is 2. The Hall–Kier alpha value is -4.05. The summed E-state index contributed by atoms with van der Waals surface area (Å²) in [6.07, 6.45) is -4.07. The average molecular weight is 567 g/mol. The summed E-state index contributed by atoms with van der Waals surface area (Å²) in [4.78, 5) is 31.9. The fraction of sp³-hybridized carbons (Fsp3) is 0.355. The third kappa shape index (κ3) is 6.32. The molecule has 0 aliphatic carbocycles. The molecular weight excluding hydrogens is 533 g/mol. The molecule has 1 atom stereocenters. The van der Waals surface area contributed by atoms with Gasteiger partial charge in [0.05, 0.1) is 5.56 Å². The van der Waals surface area contributed by atoms with Crippen molar-refractivity contribution in [3.05, 3.63) is 95.1 Å². The van der Waals surface area contributed by atoms with E-state index in [2.05, 4.69) is 5.32 Å². The van der Waals surface area contributed by atoms with E-state index in [-0.39, 0.29) is 18.0 Å². The highest BCUT2D eigenvalue weighted by Crippen LogP contribution is 2.35. The molecule has 41 heavy (non-hydrogen) atoms. The Kier molecular flexibility index (Phi) is 8.49. The van der Waals surface area contributed by atoms with E-state index in [4.69, 9.17) is 4.74 Å². The first-order valence-corrected chi connectivity index (χ1v) is 13.8. The molecule has 2 heterocycles. The van der Waals surface area contributed by atoms with Crippen molar-refractivity contribution in [2.24, 2.45) is 0 Å². The van der Waals surface area contributed by atoms with Crippen LogP contribution in [0.3, 0.4) is 0 Å². The van der Waals surface area contributed by atoms with Gasteiger partial charge in [0.1, 0.15) is 6.17 Å². The number of benzene rings is 3. The Labute approximate surface area is 237 Å². The predicted molar refractivity (Wildman–Crippen MR) is 151 cm³/mol. The van der Waals surface area contributed by atoms with Crippen LogP contribution < -0.4 is 10.2 Å². The normalized spacial score (nSPS) is 17.1. The SMILES string of the molecule is CCOCCCN1C(=O)c2ccccc2C1Nc1cccc(C(=O)N2CCN(c3cccc(C(F)(F)F)c3)CC2)c1. The molecule has 216 valence electrons. The summed E-state index contributed by atoms with van der Waals surface area (Å²) in [5.41, 5.74) is 2.57. The van der Waals surface area contributed by atoms with Gasteiger partial charge in [-0.05, 0) is 55.8 Å². The summed E-state index contributed by atoms with van der Waals surface area (Å²) in [6, 6.07) is 20.0. The number of nitrogens with one attached hydrogen (secondary N) is 1. The van der Waals surface area contributed by atoms with Gasteiger partial charge in [-0.1, -0.05) is 30.3 Å². The van der Waals surface area contributed by atoms with E-state index in [1.54, 1.807) is 34.1 Å². The van der Waals surface area contributed by atoms with E-state index >= 15 is 0 Å². The quantitative estimate of drug-likeness (QED) is 0.339. The summed E-state index contributed by atoms with van der Waals surface area (Å²) in [7, 11) is 0. The third-order valence-electron chi connectivity index (χ3n) is 7.47. The first-order chi connectivity index (χ1) is 19.8. The summed E-state index contributed by atoms with van der Waals surface area (Å²) in [6.45, 7) is 5.30. The van der Waals surface area contributed by atoms with Crippen molar-refractivity contribution in [2.75, 3.05) is 56.2 Å². The monoisotopic (exact) mass is 566 g/mol. The zero-order chi connectivity index (χ0) is 29.0. The van der Waals surface area contributed by atoms with E-state index in [1.807, 2.05) is 42.2 Å². The summed E-state index contributed by atoms with van der Waals surface area (Å²) >= 11 is 0. The topological polar surface area (TPSA) is 65.1 Å². The zero-order valence-electron chi connectivity index (χ0n) is 22.9. The van der Waals surface area contributed by atoms with E-state index < -0.39 is 11.7 Å². The lowest BCUT2D eigenvalue weighted by Gasteiger charge is -2.36. The molecule has 3 aromatic carbocycles. The molecule has 3 aromatic rings. The molecule has 0 aromatic heterocycles.